The van der Waals surface area contributed by atoms with Gasteiger partial charge in [0.15, 0.2) is 0 Å². The van der Waals surface area contributed by atoms with E-state index in [2.05, 4.69) is 24.5 Å². The third-order valence-corrected chi connectivity index (χ3v) is 8.60. The van der Waals surface area contributed by atoms with Crippen LogP contribution in [-0.4, -0.2) is 59.3 Å². The minimum absolute atomic E-state index is 0.0314. The molecule has 0 bridgehead atoms. The Morgan fingerprint density at radius 3 is 1.41 bits per heavy atom. The zero-order valence-corrected chi connectivity index (χ0v) is 29.6. The van der Waals surface area contributed by atoms with Crippen LogP contribution in [0.25, 0.3) is 0 Å². The summed E-state index contributed by atoms with van der Waals surface area (Å²) < 4.78 is 5.93. The van der Waals surface area contributed by atoms with Crippen molar-refractivity contribution in [1.82, 2.24) is 10.6 Å². The lowest BCUT2D eigenvalue weighted by atomic mass is 10.0. The highest BCUT2D eigenvalue weighted by Gasteiger charge is 2.19. The minimum Gasteiger partial charge on any atom is -0.480 e. The number of ether oxygens (including phenoxy) is 1. The van der Waals surface area contributed by atoms with E-state index in [1.165, 1.54) is 103 Å². The molecule has 0 spiro atoms. The van der Waals surface area contributed by atoms with Crippen LogP contribution in [0.15, 0.2) is 0 Å². The molecule has 0 rings (SSSR count). The van der Waals surface area contributed by atoms with Crippen molar-refractivity contribution in [2.24, 2.45) is 0 Å². The van der Waals surface area contributed by atoms with Crippen molar-refractivity contribution >= 4 is 23.8 Å². The van der Waals surface area contributed by atoms with Crippen LogP contribution in [0.2, 0.25) is 0 Å². The smallest absolute Gasteiger partial charge is 0.328 e. The molecule has 2 amide bonds. The van der Waals surface area contributed by atoms with E-state index in [4.69, 9.17) is 14.9 Å². The third kappa shape index (κ3) is 29.3. The molecular weight excluding hydrogens is 584 g/mol. The molecule has 0 aliphatic carbocycles. The van der Waals surface area contributed by atoms with Crippen LogP contribution in [-0.2, 0) is 23.9 Å². The zero-order chi connectivity index (χ0) is 34.1. The Labute approximate surface area is 280 Å². The van der Waals surface area contributed by atoms with Crippen LogP contribution in [0, 0.1) is 0 Å². The number of amides is 2. The first-order chi connectivity index (χ1) is 22.3. The first-order valence-corrected chi connectivity index (χ1v) is 18.9. The van der Waals surface area contributed by atoms with E-state index in [0.717, 1.165) is 51.4 Å². The maximum atomic E-state index is 12.6. The average molecular weight is 655 g/mol. The van der Waals surface area contributed by atoms with E-state index in [1.54, 1.807) is 0 Å². The molecule has 9 heteroatoms. The Kier molecular flexibility index (Phi) is 31.2. The molecule has 0 aliphatic heterocycles. The van der Waals surface area contributed by atoms with Gasteiger partial charge < -0.3 is 25.6 Å². The summed E-state index contributed by atoms with van der Waals surface area (Å²) in [6.45, 7) is 3.43. The topological polar surface area (TPSA) is 142 Å². The van der Waals surface area contributed by atoms with E-state index < -0.39 is 24.5 Å². The number of esters is 1. The first kappa shape index (κ1) is 43.8. The van der Waals surface area contributed by atoms with Crippen molar-refractivity contribution in [3.05, 3.63) is 0 Å². The molecule has 0 heterocycles. The van der Waals surface area contributed by atoms with E-state index in [-0.39, 0.29) is 30.9 Å². The molecule has 0 aromatic carbocycles. The predicted octanol–water partition coefficient (Wildman–Crippen LogP) is 8.15. The quantitative estimate of drug-likeness (QED) is 0.0405. The maximum Gasteiger partial charge on any atom is 0.328 e. The van der Waals surface area contributed by atoms with Crippen molar-refractivity contribution in [2.45, 2.75) is 199 Å². The third-order valence-electron chi connectivity index (χ3n) is 8.60. The van der Waals surface area contributed by atoms with Crippen LogP contribution in [0.1, 0.15) is 187 Å². The molecular formula is C37H70N2O7. The van der Waals surface area contributed by atoms with Gasteiger partial charge in [0, 0.05) is 12.8 Å². The Hall–Kier alpha value is -2.16. The maximum absolute atomic E-state index is 12.6. The zero-order valence-electron chi connectivity index (χ0n) is 29.6. The summed E-state index contributed by atoms with van der Waals surface area (Å²) in [5.74, 6) is -2.32. The molecule has 0 radical (unpaired) electrons. The van der Waals surface area contributed by atoms with E-state index in [9.17, 15) is 19.2 Å². The Morgan fingerprint density at radius 2 is 0.978 bits per heavy atom. The molecule has 0 saturated carbocycles. The lowest BCUT2D eigenvalue weighted by molar-refractivity contribution is -0.150. The van der Waals surface area contributed by atoms with Gasteiger partial charge in [-0.2, -0.15) is 0 Å². The molecule has 2 unspecified atom stereocenters. The largest absolute Gasteiger partial charge is 0.480 e. The summed E-state index contributed by atoms with van der Waals surface area (Å²) in [5, 5.41) is 22.5. The number of aliphatic hydroxyl groups is 1. The number of aliphatic carboxylic acids is 1. The monoisotopic (exact) mass is 655 g/mol. The van der Waals surface area contributed by atoms with Crippen molar-refractivity contribution in [3.63, 3.8) is 0 Å². The number of carboxylic acid groups (broad SMARTS) is 1. The number of hydrogen-bond acceptors (Lipinski definition) is 6. The summed E-state index contributed by atoms with van der Waals surface area (Å²) >= 11 is 0. The Bertz CT molecular complexity index is 762. The number of carboxylic acids is 1. The first-order valence-electron chi connectivity index (χ1n) is 18.9. The number of nitrogens with one attached hydrogen (secondary N) is 2. The Morgan fingerprint density at radius 1 is 0.565 bits per heavy atom. The second-order valence-corrected chi connectivity index (χ2v) is 13.0. The lowest BCUT2D eigenvalue weighted by Crippen LogP contribution is -2.47. The summed E-state index contributed by atoms with van der Waals surface area (Å²) in [4.78, 5) is 47.2. The molecule has 0 aromatic heterocycles. The molecule has 270 valence electrons. The van der Waals surface area contributed by atoms with Crippen LogP contribution < -0.4 is 10.6 Å². The van der Waals surface area contributed by atoms with Gasteiger partial charge in [0.25, 0.3) is 0 Å². The summed E-state index contributed by atoms with van der Waals surface area (Å²) in [5.41, 5.74) is 0. The Balaban J connectivity index is 4.07. The fourth-order valence-corrected chi connectivity index (χ4v) is 5.66. The number of hydrogen-bond donors (Lipinski definition) is 4. The van der Waals surface area contributed by atoms with Gasteiger partial charge in [-0.1, -0.05) is 136 Å². The molecule has 9 nitrogen and oxygen atoms in total. The number of aliphatic hydroxyl groups excluding tert-OH is 1. The predicted molar refractivity (Wildman–Crippen MR) is 186 cm³/mol. The number of carbonyl (C=O) groups excluding carboxylic acids is 3. The molecule has 0 saturated heterocycles. The van der Waals surface area contributed by atoms with E-state index >= 15 is 0 Å². The van der Waals surface area contributed by atoms with Gasteiger partial charge in [-0.15, -0.1) is 0 Å². The van der Waals surface area contributed by atoms with Crippen molar-refractivity contribution in [3.8, 4) is 0 Å². The van der Waals surface area contributed by atoms with Crippen LogP contribution in [0.4, 0.5) is 0 Å². The van der Waals surface area contributed by atoms with Crippen LogP contribution in [0.5, 0.6) is 0 Å². The highest BCUT2D eigenvalue weighted by molar-refractivity contribution is 5.87. The molecule has 0 aromatic rings. The molecule has 2 atom stereocenters. The summed E-state index contributed by atoms with van der Waals surface area (Å²) in [6.07, 6.45) is 30.0. The molecule has 46 heavy (non-hydrogen) atoms. The SMILES string of the molecule is CCCCCCCCCCCCCCCCC(=O)OC(CCCCCCC)CCCCCCC(=O)NCC(=O)NC(CO)C(=O)O. The normalized spacial score (nSPS) is 12.4. The second-order valence-electron chi connectivity index (χ2n) is 13.0. The van der Waals surface area contributed by atoms with E-state index in [1.807, 2.05) is 0 Å². The number of rotatable bonds is 34. The average Bonchev–Trinajstić information content (AvgIpc) is 3.03. The minimum atomic E-state index is -1.38. The number of unbranched alkanes of at least 4 members (excludes halogenated alkanes) is 20. The van der Waals surface area contributed by atoms with Crippen molar-refractivity contribution < 1.29 is 34.1 Å². The van der Waals surface area contributed by atoms with Crippen molar-refractivity contribution in [2.75, 3.05) is 13.2 Å². The van der Waals surface area contributed by atoms with Gasteiger partial charge in [-0.05, 0) is 38.5 Å². The van der Waals surface area contributed by atoms with E-state index in [0.29, 0.717) is 12.8 Å². The van der Waals surface area contributed by atoms with Gasteiger partial charge in [-0.3, -0.25) is 14.4 Å². The number of carbonyl (C=O) groups is 4. The molecule has 4 N–H and O–H groups in total. The van der Waals surface area contributed by atoms with Gasteiger partial charge in [-0.25, -0.2) is 4.79 Å². The fourth-order valence-electron chi connectivity index (χ4n) is 5.66. The van der Waals surface area contributed by atoms with Gasteiger partial charge >= 0.3 is 11.9 Å². The summed E-state index contributed by atoms with van der Waals surface area (Å²) in [7, 11) is 0. The second kappa shape index (κ2) is 32.8. The molecule has 0 aliphatic rings. The lowest BCUT2D eigenvalue weighted by Gasteiger charge is -2.18. The highest BCUT2D eigenvalue weighted by Crippen LogP contribution is 2.18. The van der Waals surface area contributed by atoms with Crippen LogP contribution in [0.3, 0.4) is 0 Å². The van der Waals surface area contributed by atoms with Crippen molar-refractivity contribution in [1.29, 1.82) is 0 Å². The van der Waals surface area contributed by atoms with Crippen LogP contribution >= 0.6 is 0 Å². The molecule has 0 fully saturated rings. The highest BCUT2D eigenvalue weighted by atomic mass is 16.5. The fraction of sp³-hybridized carbons (Fsp3) is 0.892. The van der Waals surface area contributed by atoms with Gasteiger partial charge in [0.05, 0.1) is 13.2 Å². The standard InChI is InChI=1S/C37H70N2O7/c1-3-5-7-9-10-11-12-13-14-15-16-17-19-25-29-36(43)46-32(26-22-18-8-6-4-2)27-23-20-21-24-28-34(41)38-30-35(42)39-33(31-40)37(44)45/h32-33,40H,3-31H2,1-2H3,(H,38,41)(H,39,42)(H,44,45). The van der Waals surface area contributed by atoms with Gasteiger partial charge in [0.1, 0.15) is 12.1 Å². The summed E-state index contributed by atoms with van der Waals surface area (Å²) in [6, 6.07) is -1.38. The van der Waals surface area contributed by atoms with Gasteiger partial charge in [0.2, 0.25) is 11.8 Å².